The van der Waals surface area contributed by atoms with Crippen molar-refractivity contribution in [3.8, 4) is 0 Å². The molecule has 0 bridgehead atoms. The Morgan fingerprint density at radius 3 is 2.66 bits per heavy atom. The van der Waals surface area contributed by atoms with Crippen LogP contribution in [-0.2, 0) is 37.1 Å². The van der Waals surface area contributed by atoms with E-state index in [4.69, 9.17) is 10.1 Å². The summed E-state index contributed by atoms with van der Waals surface area (Å²) in [7, 11) is 0. The lowest BCUT2D eigenvalue weighted by Gasteiger charge is -2.29. The lowest BCUT2D eigenvalue weighted by Crippen LogP contribution is -2.39. The number of rotatable bonds is 3. The topological polar surface area (TPSA) is 104 Å². The van der Waals surface area contributed by atoms with Crippen molar-refractivity contribution in [3.05, 3.63) is 44.4 Å². The van der Waals surface area contributed by atoms with Gasteiger partial charge in [-0.25, -0.2) is 4.98 Å². The van der Waals surface area contributed by atoms with Gasteiger partial charge in [-0.2, -0.15) is 5.10 Å². The Morgan fingerprint density at radius 1 is 1.06 bits per heavy atom. The fourth-order valence-corrected chi connectivity index (χ4v) is 5.39. The summed E-state index contributed by atoms with van der Waals surface area (Å²) in [5.74, 6) is 0.492. The molecule has 2 amide bonds. The van der Waals surface area contributed by atoms with E-state index in [1.165, 1.54) is 6.92 Å². The number of fused-ring (bicyclic) bond motifs is 2. The van der Waals surface area contributed by atoms with E-state index in [0.717, 1.165) is 49.8 Å². The average molecular weight is 439 g/mol. The standard InChI is InChI=1S/C23H30N6O3/c1-3-29-20(15-7-4-5-8-17(15)26-29)23(32)28-11-6-9-19(28)21-24-18-13-27(14(2)30)12-10-16(18)22(31)25-21/h19H,3-13H2,1-2H3,(H,24,25,31)/t19-/m0/s1. The van der Waals surface area contributed by atoms with Crippen LogP contribution in [0.5, 0.6) is 0 Å². The first kappa shape index (κ1) is 20.9. The molecule has 9 heteroatoms. The maximum absolute atomic E-state index is 13.8. The van der Waals surface area contributed by atoms with E-state index in [1.54, 1.807) is 4.90 Å². The van der Waals surface area contributed by atoms with Gasteiger partial charge in [0.05, 0.1) is 24.0 Å². The van der Waals surface area contributed by atoms with Crippen molar-refractivity contribution in [3.63, 3.8) is 0 Å². The van der Waals surface area contributed by atoms with Crippen LogP contribution in [0.25, 0.3) is 0 Å². The molecule has 9 nitrogen and oxygen atoms in total. The largest absolute Gasteiger partial charge is 0.337 e. The van der Waals surface area contributed by atoms with Crippen LogP contribution in [0.1, 0.15) is 84.4 Å². The Hall–Kier alpha value is -2.97. The Kier molecular flexibility index (Phi) is 5.35. The number of hydrogen-bond acceptors (Lipinski definition) is 5. The third-order valence-electron chi connectivity index (χ3n) is 7.09. The molecule has 1 atom stereocenters. The van der Waals surface area contributed by atoms with Crippen LogP contribution >= 0.6 is 0 Å². The van der Waals surface area contributed by atoms with Crippen LogP contribution in [0.15, 0.2) is 4.79 Å². The van der Waals surface area contributed by atoms with Gasteiger partial charge in [-0.15, -0.1) is 0 Å². The van der Waals surface area contributed by atoms with E-state index in [0.29, 0.717) is 55.4 Å². The van der Waals surface area contributed by atoms with Crippen molar-refractivity contribution < 1.29 is 9.59 Å². The van der Waals surface area contributed by atoms with Crippen molar-refractivity contribution >= 4 is 11.8 Å². The summed E-state index contributed by atoms with van der Waals surface area (Å²) in [5.41, 5.74) is 4.01. The van der Waals surface area contributed by atoms with Crippen LogP contribution in [-0.4, -0.2) is 54.5 Å². The van der Waals surface area contributed by atoms with E-state index in [9.17, 15) is 14.4 Å². The molecule has 5 rings (SSSR count). The molecule has 0 aromatic carbocycles. The molecule has 2 aliphatic heterocycles. The Balaban J connectivity index is 1.49. The molecule has 1 saturated heterocycles. The van der Waals surface area contributed by atoms with Gasteiger partial charge in [-0.05, 0) is 51.9 Å². The van der Waals surface area contributed by atoms with E-state index in [2.05, 4.69) is 4.98 Å². The van der Waals surface area contributed by atoms with Gasteiger partial charge in [0.2, 0.25) is 5.91 Å². The number of aromatic nitrogens is 4. The van der Waals surface area contributed by atoms with E-state index in [1.807, 2.05) is 16.5 Å². The molecule has 1 fully saturated rings. The van der Waals surface area contributed by atoms with Crippen LogP contribution in [0.2, 0.25) is 0 Å². The molecule has 0 unspecified atom stereocenters. The van der Waals surface area contributed by atoms with Crippen molar-refractivity contribution in [1.82, 2.24) is 29.5 Å². The van der Waals surface area contributed by atoms with Crippen molar-refractivity contribution in [2.24, 2.45) is 0 Å². The van der Waals surface area contributed by atoms with Crippen molar-refractivity contribution in [1.29, 1.82) is 0 Å². The zero-order valence-corrected chi connectivity index (χ0v) is 18.8. The van der Waals surface area contributed by atoms with Crippen LogP contribution in [0.4, 0.5) is 0 Å². The minimum atomic E-state index is -0.271. The highest BCUT2D eigenvalue weighted by atomic mass is 16.2. The second kappa shape index (κ2) is 8.18. The van der Waals surface area contributed by atoms with Crippen LogP contribution < -0.4 is 5.56 Å². The molecule has 0 saturated carbocycles. The quantitative estimate of drug-likeness (QED) is 0.786. The molecular formula is C23H30N6O3. The number of aryl methyl sites for hydroxylation is 2. The summed E-state index contributed by atoms with van der Waals surface area (Å²) in [6.45, 7) is 5.72. The smallest absolute Gasteiger partial charge is 0.273 e. The molecule has 2 aromatic rings. The van der Waals surface area contributed by atoms with Gasteiger partial charge in [0.25, 0.3) is 11.5 Å². The molecular weight excluding hydrogens is 408 g/mol. The first-order valence-electron chi connectivity index (χ1n) is 11.7. The molecule has 1 aliphatic carbocycles. The van der Waals surface area contributed by atoms with E-state index >= 15 is 0 Å². The second-order valence-electron chi connectivity index (χ2n) is 9.02. The minimum Gasteiger partial charge on any atom is -0.337 e. The maximum Gasteiger partial charge on any atom is 0.273 e. The molecule has 4 heterocycles. The normalized spacial score (nSPS) is 20.2. The number of hydrogen-bond donors (Lipinski definition) is 1. The second-order valence-corrected chi connectivity index (χ2v) is 9.02. The van der Waals surface area contributed by atoms with Crippen LogP contribution in [0.3, 0.4) is 0 Å². The first-order chi connectivity index (χ1) is 15.5. The third kappa shape index (κ3) is 3.43. The molecule has 32 heavy (non-hydrogen) atoms. The van der Waals surface area contributed by atoms with E-state index in [-0.39, 0.29) is 23.4 Å². The monoisotopic (exact) mass is 438 g/mol. The molecule has 0 radical (unpaired) electrons. The number of aromatic amines is 1. The zero-order chi connectivity index (χ0) is 22.4. The number of nitrogens with zero attached hydrogens (tertiary/aromatic N) is 5. The van der Waals surface area contributed by atoms with Gasteiger partial charge < -0.3 is 14.8 Å². The fraction of sp³-hybridized carbons (Fsp3) is 0.609. The number of nitrogens with one attached hydrogen (secondary N) is 1. The average Bonchev–Trinajstić information content (AvgIpc) is 3.43. The fourth-order valence-electron chi connectivity index (χ4n) is 5.39. The van der Waals surface area contributed by atoms with Gasteiger partial charge in [0, 0.05) is 37.7 Å². The van der Waals surface area contributed by atoms with Gasteiger partial charge in [-0.1, -0.05) is 0 Å². The molecule has 170 valence electrons. The summed E-state index contributed by atoms with van der Waals surface area (Å²) in [6, 6.07) is -0.271. The van der Waals surface area contributed by atoms with Gasteiger partial charge in [0.15, 0.2) is 0 Å². The van der Waals surface area contributed by atoms with Crippen LogP contribution in [0, 0.1) is 0 Å². The number of amides is 2. The summed E-state index contributed by atoms with van der Waals surface area (Å²) in [6.07, 6.45) is 6.14. The minimum absolute atomic E-state index is 0.0178. The van der Waals surface area contributed by atoms with Gasteiger partial charge in [0.1, 0.15) is 11.5 Å². The zero-order valence-electron chi connectivity index (χ0n) is 18.8. The van der Waals surface area contributed by atoms with Crippen molar-refractivity contribution in [2.75, 3.05) is 13.1 Å². The van der Waals surface area contributed by atoms with E-state index < -0.39 is 0 Å². The molecule has 2 aromatic heterocycles. The van der Waals surface area contributed by atoms with Gasteiger partial charge in [-0.3, -0.25) is 19.1 Å². The number of carbonyl (C=O) groups excluding carboxylic acids is 2. The summed E-state index contributed by atoms with van der Waals surface area (Å²) < 4.78 is 1.85. The predicted molar refractivity (Wildman–Crippen MR) is 117 cm³/mol. The first-order valence-corrected chi connectivity index (χ1v) is 11.7. The molecule has 0 spiro atoms. The summed E-state index contributed by atoms with van der Waals surface area (Å²) >= 11 is 0. The number of H-pyrrole nitrogens is 1. The maximum atomic E-state index is 13.8. The number of carbonyl (C=O) groups is 2. The highest BCUT2D eigenvalue weighted by molar-refractivity contribution is 5.95. The Labute approximate surface area is 186 Å². The number of likely N-dealkylation sites (tertiary alicyclic amines) is 1. The highest BCUT2D eigenvalue weighted by Crippen LogP contribution is 2.34. The Bertz CT molecular complexity index is 1130. The summed E-state index contributed by atoms with van der Waals surface area (Å²) in [4.78, 5) is 49.7. The SMILES string of the molecule is CCn1nc2c(c1C(=O)N1CCC[C@H]1c1nc3c(c(=O)[nH]1)CCN(C(C)=O)C3)CCCC2. The highest BCUT2D eigenvalue weighted by Gasteiger charge is 2.37. The molecule has 1 N–H and O–H groups in total. The third-order valence-corrected chi connectivity index (χ3v) is 7.09. The lowest BCUT2D eigenvalue weighted by molar-refractivity contribution is -0.129. The van der Waals surface area contributed by atoms with Gasteiger partial charge >= 0.3 is 0 Å². The Morgan fingerprint density at radius 2 is 1.88 bits per heavy atom. The summed E-state index contributed by atoms with van der Waals surface area (Å²) in [5, 5.41) is 4.71. The molecule has 3 aliphatic rings. The predicted octanol–water partition coefficient (Wildman–Crippen LogP) is 1.75. The lowest BCUT2D eigenvalue weighted by atomic mass is 9.95. The van der Waals surface area contributed by atoms with Crippen molar-refractivity contribution in [2.45, 2.75) is 77.9 Å².